The zero-order valence-electron chi connectivity index (χ0n) is 17.1. The van der Waals surface area contributed by atoms with E-state index in [0.29, 0.717) is 11.3 Å². The maximum absolute atomic E-state index is 14.5. The number of nitrogens with zero attached hydrogens (tertiary/aromatic N) is 5. The molecule has 3 heterocycles. The number of hydrogen-bond acceptors (Lipinski definition) is 7. The molecule has 0 aliphatic carbocycles. The van der Waals surface area contributed by atoms with Gasteiger partial charge in [0.1, 0.15) is 12.4 Å². The predicted octanol–water partition coefficient (Wildman–Crippen LogP) is 3.30. The minimum atomic E-state index is -3.37. The largest absolute Gasteiger partial charge is 0.471 e. The van der Waals surface area contributed by atoms with Crippen molar-refractivity contribution in [3.05, 3.63) is 54.5 Å². The number of rotatable bonds is 8. The van der Waals surface area contributed by atoms with E-state index in [0.717, 1.165) is 0 Å². The minimum absolute atomic E-state index is 0.0139. The lowest BCUT2D eigenvalue weighted by Crippen LogP contribution is -2.29. The van der Waals surface area contributed by atoms with Crippen LogP contribution in [0.4, 0.5) is 29.2 Å². The van der Waals surface area contributed by atoms with Crippen LogP contribution in [0.2, 0.25) is 0 Å². The van der Waals surface area contributed by atoms with Crippen molar-refractivity contribution in [1.29, 1.82) is 0 Å². The van der Waals surface area contributed by atoms with Gasteiger partial charge in [-0.15, -0.1) is 5.10 Å². The molecule has 3 aromatic heterocycles. The first-order chi connectivity index (χ1) is 15.8. The van der Waals surface area contributed by atoms with Gasteiger partial charge >= 0.3 is 5.92 Å². The molecule has 4 rings (SSSR count). The second-order valence-electron chi connectivity index (χ2n) is 6.99. The summed E-state index contributed by atoms with van der Waals surface area (Å²) in [6.07, 6.45) is 2.54. The Morgan fingerprint density at radius 1 is 1.15 bits per heavy atom. The van der Waals surface area contributed by atoms with Crippen molar-refractivity contribution in [3.63, 3.8) is 0 Å². The molecule has 0 saturated heterocycles. The molecule has 1 aromatic carbocycles. The summed E-state index contributed by atoms with van der Waals surface area (Å²) in [5, 5.41) is 21.4. The molecule has 0 atom stereocenters. The summed E-state index contributed by atoms with van der Waals surface area (Å²) in [5.74, 6) is -4.25. The predicted molar refractivity (Wildman–Crippen MR) is 109 cm³/mol. The van der Waals surface area contributed by atoms with E-state index in [-0.39, 0.29) is 28.8 Å². The van der Waals surface area contributed by atoms with Gasteiger partial charge in [0.25, 0.3) is 0 Å². The van der Waals surface area contributed by atoms with Gasteiger partial charge in [-0.05, 0) is 24.3 Å². The molecule has 13 heteroatoms. The Hall–Kier alpha value is -4.00. The van der Waals surface area contributed by atoms with Gasteiger partial charge in [0.15, 0.2) is 12.4 Å². The van der Waals surface area contributed by atoms with Gasteiger partial charge in [-0.1, -0.05) is 0 Å². The molecule has 33 heavy (non-hydrogen) atoms. The summed E-state index contributed by atoms with van der Waals surface area (Å²) in [6, 6.07) is 7.05. The standard InChI is InChI=1S/C20H17F4N7O2/c1-31-19(27-12-3-4-13(15(21)6-12)14-8-26-29-17(14)22)28-18(30-31)11-2-5-16(25-7-11)33-10-20(23,24)9-32/h2-8,32H,9-10H2,1H3,(H,26,29)(H,27,28,30). The monoisotopic (exact) mass is 463 g/mol. The number of ether oxygens (including phenoxy) is 1. The van der Waals surface area contributed by atoms with Gasteiger partial charge in [0.2, 0.25) is 17.8 Å². The topological polar surface area (TPSA) is 114 Å². The average Bonchev–Trinajstić information content (AvgIpc) is 3.38. The smallest absolute Gasteiger partial charge is 0.303 e. The van der Waals surface area contributed by atoms with Crippen molar-refractivity contribution in [1.82, 2.24) is 29.9 Å². The Kier molecular flexibility index (Phi) is 5.96. The molecule has 0 unspecified atom stereocenters. The summed E-state index contributed by atoms with van der Waals surface area (Å²) >= 11 is 0. The number of aliphatic hydroxyl groups is 1. The van der Waals surface area contributed by atoms with E-state index >= 15 is 0 Å². The number of hydrogen-bond donors (Lipinski definition) is 3. The Morgan fingerprint density at radius 2 is 1.97 bits per heavy atom. The Labute approximate surface area is 184 Å². The number of benzene rings is 1. The molecule has 4 aromatic rings. The Bertz CT molecular complexity index is 1260. The van der Waals surface area contributed by atoms with Gasteiger partial charge in [-0.25, -0.2) is 22.8 Å². The van der Waals surface area contributed by atoms with Crippen molar-refractivity contribution in [2.24, 2.45) is 7.05 Å². The van der Waals surface area contributed by atoms with Crippen LogP contribution in [-0.4, -0.2) is 54.2 Å². The van der Waals surface area contributed by atoms with Crippen LogP contribution in [0.3, 0.4) is 0 Å². The minimum Gasteiger partial charge on any atom is -0.471 e. The molecule has 0 aliphatic rings. The first kappa shape index (κ1) is 22.2. The van der Waals surface area contributed by atoms with Crippen LogP contribution in [0.1, 0.15) is 0 Å². The molecule has 9 nitrogen and oxygen atoms in total. The number of aromatic amines is 1. The summed E-state index contributed by atoms with van der Waals surface area (Å²) < 4.78 is 60.6. The van der Waals surface area contributed by atoms with Crippen molar-refractivity contribution in [3.8, 4) is 28.4 Å². The van der Waals surface area contributed by atoms with Crippen LogP contribution in [0.5, 0.6) is 5.88 Å². The molecule has 0 fully saturated rings. The van der Waals surface area contributed by atoms with Crippen LogP contribution >= 0.6 is 0 Å². The summed E-state index contributed by atoms with van der Waals surface area (Å²) in [7, 11) is 1.62. The van der Waals surface area contributed by atoms with Crippen molar-refractivity contribution in [2.75, 3.05) is 18.5 Å². The third-order valence-electron chi connectivity index (χ3n) is 4.53. The maximum atomic E-state index is 14.5. The third kappa shape index (κ3) is 4.92. The normalized spacial score (nSPS) is 11.6. The van der Waals surface area contributed by atoms with Gasteiger partial charge in [0.05, 0.1) is 11.8 Å². The van der Waals surface area contributed by atoms with Gasteiger partial charge in [-0.3, -0.25) is 5.10 Å². The number of alkyl halides is 2. The highest BCUT2D eigenvalue weighted by atomic mass is 19.3. The lowest BCUT2D eigenvalue weighted by Gasteiger charge is -2.13. The van der Waals surface area contributed by atoms with Crippen LogP contribution in [0.25, 0.3) is 22.5 Å². The number of aromatic nitrogens is 6. The van der Waals surface area contributed by atoms with E-state index in [1.54, 1.807) is 13.1 Å². The molecule has 0 saturated carbocycles. The fourth-order valence-corrected chi connectivity index (χ4v) is 2.84. The highest BCUT2D eigenvalue weighted by Crippen LogP contribution is 2.28. The van der Waals surface area contributed by atoms with Crippen LogP contribution < -0.4 is 10.1 Å². The quantitative estimate of drug-likeness (QED) is 0.344. The number of anilines is 2. The summed E-state index contributed by atoms with van der Waals surface area (Å²) in [4.78, 5) is 8.26. The molecular formula is C20H17F4N7O2. The van der Waals surface area contributed by atoms with Gasteiger partial charge in [-0.2, -0.15) is 14.5 Å². The van der Waals surface area contributed by atoms with E-state index in [1.807, 2.05) is 0 Å². The second kappa shape index (κ2) is 8.86. The molecule has 0 spiro atoms. The Morgan fingerprint density at radius 3 is 2.61 bits per heavy atom. The SMILES string of the molecule is Cn1nc(-c2ccc(OCC(F)(F)CO)nc2)nc1Nc1ccc(-c2cn[nH]c2F)c(F)c1. The number of H-pyrrole nitrogens is 1. The number of nitrogens with one attached hydrogen (secondary N) is 2. The number of aliphatic hydroxyl groups excluding tert-OH is 1. The first-order valence-corrected chi connectivity index (χ1v) is 9.50. The van der Waals surface area contributed by atoms with Crippen molar-refractivity contribution < 1.29 is 27.4 Å². The molecule has 3 N–H and O–H groups in total. The lowest BCUT2D eigenvalue weighted by molar-refractivity contribution is -0.0809. The summed E-state index contributed by atoms with van der Waals surface area (Å²) in [5.41, 5.74) is 0.904. The number of pyridine rings is 1. The molecule has 172 valence electrons. The first-order valence-electron chi connectivity index (χ1n) is 9.50. The fourth-order valence-electron chi connectivity index (χ4n) is 2.84. The fraction of sp³-hybridized carbons (Fsp3) is 0.200. The van der Waals surface area contributed by atoms with E-state index in [4.69, 9.17) is 9.84 Å². The van der Waals surface area contributed by atoms with Crippen molar-refractivity contribution >= 4 is 11.6 Å². The van der Waals surface area contributed by atoms with E-state index in [9.17, 15) is 17.6 Å². The second-order valence-corrected chi connectivity index (χ2v) is 6.99. The van der Waals surface area contributed by atoms with Crippen LogP contribution in [-0.2, 0) is 7.05 Å². The zero-order chi connectivity index (χ0) is 23.6. The Balaban J connectivity index is 1.48. The summed E-state index contributed by atoms with van der Waals surface area (Å²) in [6.45, 7) is -2.33. The molecule has 0 aliphatic heterocycles. The highest BCUT2D eigenvalue weighted by molar-refractivity contribution is 5.68. The third-order valence-corrected chi connectivity index (χ3v) is 4.53. The maximum Gasteiger partial charge on any atom is 0.303 e. The average molecular weight is 463 g/mol. The van der Waals surface area contributed by atoms with Gasteiger partial charge < -0.3 is 15.2 Å². The molecular weight excluding hydrogens is 446 g/mol. The van der Waals surface area contributed by atoms with Crippen LogP contribution in [0.15, 0.2) is 42.7 Å². The van der Waals surface area contributed by atoms with Crippen LogP contribution in [0, 0.1) is 11.8 Å². The highest BCUT2D eigenvalue weighted by Gasteiger charge is 2.29. The van der Waals surface area contributed by atoms with Gasteiger partial charge in [0, 0.05) is 36.1 Å². The van der Waals surface area contributed by atoms with E-state index in [1.165, 1.54) is 41.3 Å². The lowest BCUT2D eigenvalue weighted by atomic mass is 10.1. The van der Waals surface area contributed by atoms with E-state index < -0.39 is 30.9 Å². The molecule has 0 amide bonds. The van der Waals surface area contributed by atoms with Crippen molar-refractivity contribution in [2.45, 2.75) is 5.92 Å². The number of aryl methyl sites for hydroxylation is 1. The van der Waals surface area contributed by atoms with E-state index in [2.05, 4.69) is 30.6 Å². The number of halogens is 4. The molecule has 0 radical (unpaired) electrons. The zero-order valence-corrected chi connectivity index (χ0v) is 17.1. The molecule has 0 bridgehead atoms.